The van der Waals surface area contributed by atoms with E-state index in [-0.39, 0.29) is 18.2 Å². The van der Waals surface area contributed by atoms with Gasteiger partial charge in [-0.1, -0.05) is 12.1 Å². The predicted octanol–water partition coefficient (Wildman–Crippen LogP) is -2.35. The third kappa shape index (κ3) is 3.48. The minimum absolute atomic E-state index is 0. The molecular formula is C11H15ClNO3-. The SMILES string of the molecule is COc1ccc([C@@H](O)[C@H](N)C(C)=O)cc1.[Cl-]. The van der Waals surface area contributed by atoms with E-state index in [1.165, 1.54) is 6.92 Å². The summed E-state index contributed by atoms with van der Waals surface area (Å²) in [7, 11) is 1.56. The third-order valence-electron chi connectivity index (χ3n) is 2.27. The lowest BCUT2D eigenvalue weighted by atomic mass is 10.0. The van der Waals surface area contributed by atoms with Gasteiger partial charge in [0.15, 0.2) is 0 Å². The van der Waals surface area contributed by atoms with Gasteiger partial charge in [0.05, 0.1) is 13.2 Å². The Morgan fingerprint density at radius 1 is 1.38 bits per heavy atom. The summed E-state index contributed by atoms with van der Waals surface area (Å²) >= 11 is 0. The van der Waals surface area contributed by atoms with Crippen LogP contribution in [0.2, 0.25) is 0 Å². The predicted molar refractivity (Wildman–Crippen MR) is 56.6 cm³/mol. The Labute approximate surface area is 101 Å². The molecule has 0 heterocycles. The van der Waals surface area contributed by atoms with E-state index in [1.807, 2.05) is 0 Å². The number of ketones is 1. The number of hydrogen-bond acceptors (Lipinski definition) is 4. The Bertz CT molecular complexity index is 340. The molecule has 0 fully saturated rings. The lowest BCUT2D eigenvalue weighted by Crippen LogP contribution is -3.00. The normalized spacial score (nSPS) is 13.5. The highest BCUT2D eigenvalue weighted by Crippen LogP contribution is 2.19. The standard InChI is InChI=1S/C11H15NO3.ClH/c1-7(13)10(12)11(14)8-3-5-9(15-2)6-4-8;/h3-6,10-11,14H,12H2,1-2H3;1H/p-1/t10-,11-;/m1./s1. The third-order valence-corrected chi connectivity index (χ3v) is 2.27. The van der Waals surface area contributed by atoms with Crippen molar-refractivity contribution in [2.45, 2.75) is 19.1 Å². The molecule has 0 aliphatic heterocycles. The summed E-state index contributed by atoms with van der Waals surface area (Å²) in [6.07, 6.45) is -0.964. The number of aliphatic hydroxyl groups excluding tert-OH is 1. The van der Waals surface area contributed by atoms with Crippen molar-refractivity contribution in [3.8, 4) is 5.75 Å². The van der Waals surface area contributed by atoms with Crippen LogP contribution in [0.4, 0.5) is 0 Å². The molecule has 0 aliphatic rings. The van der Waals surface area contributed by atoms with Crippen LogP contribution in [-0.2, 0) is 4.79 Å². The van der Waals surface area contributed by atoms with Crippen molar-refractivity contribution in [1.82, 2.24) is 0 Å². The average molecular weight is 245 g/mol. The van der Waals surface area contributed by atoms with Gasteiger partial charge in [-0.2, -0.15) is 0 Å². The number of hydrogen-bond donors (Lipinski definition) is 2. The van der Waals surface area contributed by atoms with E-state index in [1.54, 1.807) is 31.4 Å². The van der Waals surface area contributed by atoms with E-state index < -0.39 is 12.1 Å². The van der Waals surface area contributed by atoms with Crippen LogP contribution in [0.1, 0.15) is 18.6 Å². The molecule has 0 saturated heterocycles. The zero-order valence-corrected chi connectivity index (χ0v) is 9.94. The molecule has 2 atom stereocenters. The van der Waals surface area contributed by atoms with Gasteiger partial charge in [0.1, 0.15) is 17.6 Å². The first kappa shape index (κ1) is 14.9. The van der Waals surface area contributed by atoms with Crippen LogP contribution in [0.15, 0.2) is 24.3 Å². The van der Waals surface area contributed by atoms with E-state index >= 15 is 0 Å². The second-order valence-electron chi connectivity index (χ2n) is 3.35. The van der Waals surface area contributed by atoms with Crippen molar-refractivity contribution in [2.24, 2.45) is 5.73 Å². The number of ether oxygens (including phenoxy) is 1. The maximum absolute atomic E-state index is 11.0. The van der Waals surface area contributed by atoms with E-state index in [2.05, 4.69) is 0 Å². The number of benzene rings is 1. The summed E-state index contributed by atoms with van der Waals surface area (Å²) in [6.45, 7) is 1.36. The maximum Gasteiger partial charge on any atom is 0.149 e. The molecule has 0 radical (unpaired) electrons. The van der Waals surface area contributed by atoms with Crippen LogP contribution in [0.25, 0.3) is 0 Å². The second kappa shape index (κ2) is 6.48. The molecule has 0 aromatic heterocycles. The van der Waals surface area contributed by atoms with Crippen LogP contribution < -0.4 is 22.9 Å². The molecule has 0 unspecified atom stereocenters. The van der Waals surface area contributed by atoms with Crippen LogP contribution in [0.3, 0.4) is 0 Å². The van der Waals surface area contributed by atoms with Gasteiger partial charge in [-0.05, 0) is 24.6 Å². The molecule has 3 N–H and O–H groups in total. The summed E-state index contributed by atoms with van der Waals surface area (Å²) in [5.41, 5.74) is 6.14. The van der Waals surface area contributed by atoms with E-state index in [0.29, 0.717) is 11.3 Å². The molecule has 0 spiro atoms. The first-order chi connectivity index (χ1) is 7.06. The molecule has 0 bridgehead atoms. The molecule has 0 saturated carbocycles. The summed E-state index contributed by atoms with van der Waals surface area (Å²) in [6, 6.07) is 5.92. The number of nitrogens with two attached hydrogens (primary N) is 1. The highest BCUT2D eigenvalue weighted by molar-refractivity contribution is 5.82. The van der Waals surface area contributed by atoms with E-state index in [4.69, 9.17) is 10.5 Å². The zero-order chi connectivity index (χ0) is 11.4. The smallest absolute Gasteiger partial charge is 0.149 e. The Hall–Kier alpha value is -1.10. The molecule has 5 heteroatoms. The molecule has 1 aromatic rings. The van der Waals surface area contributed by atoms with Gasteiger partial charge >= 0.3 is 0 Å². The number of aliphatic hydroxyl groups is 1. The maximum atomic E-state index is 11.0. The van der Waals surface area contributed by atoms with Crippen molar-refractivity contribution in [2.75, 3.05) is 7.11 Å². The Balaban J connectivity index is 0.00000225. The van der Waals surface area contributed by atoms with Crippen LogP contribution in [-0.4, -0.2) is 24.0 Å². The molecule has 0 aliphatic carbocycles. The molecular weight excluding hydrogens is 230 g/mol. The average Bonchev–Trinajstić information content (AvgIpc) is 2.27. The molecule has 1 rings (SSSR count). The van der Waals surface area contributed by atoms with Crippen LogP contribution in [0.5, 0.6) is 5.75 Å². The van der Waals surface area contributed by atoms with Gasteiger partial charge in [-0.15, -0.1) is 0 Å². The number of rotatable bonds is 4. The Kier molecular flexibility index (Phi) is 6.03. The van der Waals surface area contributed by atoms with E-state index in [0.717, 1.165) is 0 Å². The second-order valence-corrected chi connectivity index (χ2v) is 3.35. The molecule has 4 nitrogen and oxygen atoms in total. The van der Waals surface area contributed by atoms with Crippen molar-refractivity contribution >= 4 is 5.78 Å². The summed E-state index contributed by atoms with van der Waals surface area (Å²) in [4.78, 5) is 11.0. The van der Waals surface area contributed by atoms with Crippen molar-refractivity contribution < 1.29 is 27.0 Å². The fraction of sp³-hybridized carbons (Fsp3) is 0.364. The first-order valence-corrected chi connectivity index (χ1v) is 4.64. The Morgan fingerprint density at radius 3 is 2.25 bits per heavy atom. The number of methoxy groups -OCH3 is 1. The fourth-order valence-electron chi connectivity index (χ4n) is 1.23. The fourth-order valence-corrected chi connectivity index (χ4v) is 1.23. The van der Waals surface area contributed by atoms with Gasteiger partial charge in [-0.25, -0.2) is 0 Å². The topological polar surface area (TPSA) is 72.6 Å². The van der Waals surface area contributed by atoms with Crippen LogP contribution >= 0.6 is 0 Å². The van der Waals surface area contributed by atoms with Gasteiger partial charge in [-0.3, -0.25) is 4.79 Å². The first-order valence-electron chi connectivity index (χ1n) is 4.64. The summed E-state index contributed by atoms with van der Waals surface area (Å²) in [5.74, 6) is 0.459. The van der Waals surface area contributed by atoms with Gasteiger partial charge < -0.3 is 28.0 Å². The highest BCUT2D eigenvalue weighted by Gasteiger charge is 2.20. The zero-order valence-electron chi connectivity index (χ0n) is 9.18. The lowest BCUT2D eigenvalue weighted by molar-refractivity contribution is -0.120. The molecule has 0 amide bonds. The monoisotopic (exact) mass is 244 g/mol. The largest absolute Gasteiger partial charge is 1.00 e. The van der Waals surface area contributed by atoms with Crippen molar-refractivity contribution in [3.05, 3.63) is 29.8 Å². The lowest BCUT2D eigenvalue weighted by Gasteiger charge is -2.16. The molecule has 90 valence electrons. The van der Waals surface area contributed by atoms with E-state index in [9.17, 15) is 9.90 Å². The van der Waals surface area contributed by atoms with Gasteiger partial charge in [0, 0.05) is 0 Å². The number of halogens is 1. The van der Waals surface area contributed by atoms with Crippen molar-refractivity contribution in [1.29, 1.82) is 0 Å². The highest BCUT2D eigenvalue weighted by atomic mass is 35.5. The number of carbonyl (C=O) groups is 1. The summed E-state index contributed by atoms with van der Waals surface area (Å²) < 4.78 is 4.98. The minimum Gasteiger partial charge on any atom is -1.00 e. The molecule has 1 aromatic carbocycles. The van der Waals surface area contributed by atoms with Gasteiger partial charge in [0.25, 0.3) is 0 Å². The van der Waals surface area contributed by atoms with Gasteiger partial charge in [0.2, 0.25) is 0 Å². The quantitative estimate of drug-likeness (QED) is 0.622. The Morgan fingerprint density at radius 2 is 1.88 bits per heavy atom. The van der Waals surface area contributed by atoms with Crippen molar-refractivity contribution in [3.63, 3.8) is 0 Å². The number of Topliss-reactive ketones (excluding diaryl/α,β-unsaturated/α-hetero) is 1. The molecule has 16 heavy (non-hydrogen) atoms. The number of carbonyl (C=O) groups excluding carboxylic acids is 1. The minimum atomic E-state index is -0.964. The summed E-state index contributed by atoms with van der Waals surface area (Å²) in [5, 5.41) is 9.74. The van der Waals surface area contributed by atoms with Crippen LogP contribution in [0, 0.1) is 0 Å².